The zero-order valence-corrected chi connectivity index (χ0v) is 57.7. The third-order valence-electron chi connectivity index (χ3n) is 19.0. The molecule has 12 N–H and O–H groups in total. The van der Waals surface area contributed by atoms with Crippen LogP contribution in [0.15, 0.2) is 64.4 Å². The number of carboxylic acids is 1. The van der Waals surface area contributed by atoms with Crippen molar-refractivity contribution >= 4 is 62.9 Å². The number of hydrazone groups is 1. The summed E-state index contributed by atoms with van der Waals surface area (Å²) in [4.78, 5) is 68.3. The summed E-state index contributed by atoms with van der Waals surface area (Å²) in [6, 6.07) is 3.48. The summed E-state index contributed by atoms with van der Waals surface area (Å²) < 4.78 is 40.0. The van der Waals surface area contributed by atoms with Crippen molar-refractivity contribution in [1.29, 1.82) is 0 Å². The number of methoxy groups -OCH3 is 1. The summed E-state index contributed by atoms with van der Waals surface area (Å²) in [6.07, 6.45) is 10.0. The number of aliphatic hydroxyl groups excluding tert-OH is 4. The number of carboxylic acid groups (broad SMARTS) is 1. The number of phenolic OH excluding ortho intramolecular Hbond substituents is 3. The number of nitrogens with zero attached hydrogens (tertiary/aromatic N) is 5. The number of allylic oxidation sites excluding steroid dienone is 2. The number of anilines is 2. The van der Waals surface area contributed by atoms with E-state index in [0.29, 0.717) is 37.4 Å². The van der Waals surface area contributed by atoms with Crippen molar-refractivity contribution in [3.63, 3.8) is 0 Å². The number of carbonyl (C=O) groups excluding carboxylic acids is 3. The summed E-state index contributed by atoms with van der Waals surface area (Å²) in [5, 5.41) is 104. The van der Waals surface area contributed by atoms with Gasteiger partial charge in [-0.2, -0.15) is 5.10 Å². The Balaban J connectivity index is 0.000000281. The first-order valence-corrected chi connectivity index (χ1v) is 33.4. The maximum Gasteiger partial charge on any atom is 0.341 e. The normalized spacial score (nSPS) is 26.2. The molecule has 1 aliphatic carbocycles. The van der Waals surface area contributed by atoms with Crippen molar-refractivity contribution < 1.29 is 83.4 Å². The predicted octanol–water partition coefficient (Wildman–Crippen LogP) is 5.63. The van der Waals surface area contributed by atoms with Crippen LogP contribution < -0.4 is 36.3 Å². The molecule has 11 atom stereocenters. The maximum atomic E-state index is 14.6. The fourth-order valence-electron chi connectivity index (χ4n) is 12.5. The van der Waals surface area contributed by atoms with E-state index in [9.17, 15) is 59.0 Å². The Morgan fingerprint density at radius 2 is 1.49 bits per heavy atom. The average Bonchev–Trinajstić information content (AvgIpc) is 1.59. The highest BCUT2D eigenvalue weighted by atomic mass is 19.1. The Morgan fingerprint density at radius 3 is 2.06 bits per heavy atom. The van der Waals surface area contributed by atoms with Crippen LogP contribution in [0.25, 0.3) is 21.7 Å². The lowest BCUT2D eigenvalue weighted by Crippen LogP contribution is -2.46. The van der Waals surface area contributed by atoms with Crippen LogP contribution in [-0.2, 0) is 23.8 Å². The largest absolute Gasteiger partial charge is 0.507 e. The number of amides is 1. The Labute approximate surface area is 565 Å². The van der Waals surface area contributed by atoms with Crippen LogP contribution in [0.4, 0.5) is 15.8 Å². The standard InChI is InChI=1S/C43H58N4O12.C17H18FN3O3.C10H24N2O2/c1-21-12-11-13-22(2)42(55)45-33-28(20-44-47-17-15-46(9)16-18-47)37(52)30-31(38(33)53)36(51)26(6)40-32(30)41(54)43(8,59-40)57-19-14-29(56-10)23(3)39(58-27(7)48)25(5)35(50)24(4)34(21)49;18-13-7-11-14(8-15(13)20-5-3-19-4-6-20)21(10-1-2-10)9-12(16(11)22)17(23)24;1-3-9(7-13)11-5-6-12-10(4-2)8-14/h11-14,19-21,23-25,29,34-35,39,49-53H,15-18H2,1-10H3,(H,45,55);7-10,19H,1-6H2,(H,23,24);9-14H,3-8H2,1-2H3/b12-11+,19-14+,22-13-,44-20+;;/t21-,23+,24+,25+,29-,34-,35+,39+,43-;;9-,10-/m0.0/s1. The zero-order chi connectivity index (χ0) is 71.3. The van der Waals surface area contributed by atoms with Crippen LogP contribution in [0, 0.1) is 36.4 Å². The molecule has 26 nitrogen and oxygen atoms in total. The van der Waals surface area contributed by atoms with Crippen LogP contribution in [-0.4, -0.2) is 220 Å². The van der Waals surface area contributed by atoms with E-state index in [4.69, 9.17) is 29.2 Å². The van der Waals surface area contributed by atoms with Gasteiger partial charge in [0.05, 0.1) is 77.4 Å². The first-order chi connectivity index (χ1) is 46.1. The van der Waals surface area contributed by atoms with E-state index >= 15 is 0 Å². The molecule has 2 saturated heterocycles. The molecule has 0 spiro atoms. The predicted molar refractivity (Wildman–Crippen MR) is 367 cm³/mol. The van der Waals surface area contributed by atoms with Gasteiger partial charge in [0.15, 0.2) is 5.75 Å². The number of ether oxygens (including phenoxy) is 4. The number of halogens is 1. The number of esters is 1. The van der Waals surface area contributed by atoms with Gasteiger partial charge in [-0.25, -0.2) is 9.18 Å². The van der Waals surface area contributed by atoms with Crippen LogP contribution in [0.1, 0.15) is 126 Å². The van der Waals surface area contributed by atoms with Crippen LogP contribution in [0.3, 0.4) is 0 Å². The second-order valence-corrected chi connectivity index (χ2v) is 26.0. The molecule has 0 unspecified atom stereocenters. The lowest BCUT2D eigenvalue weighted by atomic mass is 9.78. The molecule has 534 valence electrons. The maximum absolute atomic E-state index is 14.6. The molecule has 1 amide bonds. The molecular formula is C70H100FN9O17. The average molecular weight is 1360 g/mol. The minimum Gasteiger partial charge on any atom is -0.507 e. The molecular weight excluding hydrogens is 1260 g/mol. The van der Waals surface area contributed by atoms with Crippen molar-refractivity contribution in [3.05, 3.63) is 92.8 Å². The number of phenols is 3. The number of hydrogen-bond donors (Lipinski definition) is 12. The van der Waals surface area contributed by atoms with Crippen LogP contribution >= 0.6 is 0 Å². The number of likely N-dealkylation sites (N-methyl/N-ethyl adjacent to an activating group) is 1. The molecule has 3 aromatic carbocycles. The van der Waals surface area contributed by atoms with Gasteiger partial charge in [0, 0.05) is 156 Å². The van der Waals surface area contributed by atoms with Crippen molar-refractivity contribution in [2.45, 2.75) is 143 Å². The Kier molecular flexibility index (Phi) is 27.0. The summed E-state index contributed by atoms with van der Waals surface area (Å²) in [7, 11) is 3.42. The highest BCUT2D eigenvalue weighted by molar-refractivity contribution is 6.24. The van der Waals surface area contributed by atoms with Gasteiger partial charge in [0.1, 0.15) is 34.7 Å². The Bertz CT molecular complexity index is 3620. The number of aliphatic hydroxyl groups is 4. The molecule has 0 radical (unpaired) electrons. The molecule has 27 heteroatoms. The molecule has 1 saturated carbocycles. The minimum atomic E-state index is -2.04. The fraction of sp³-hybridized carbons (Fsp3) is 0.571. The van der Waals surface area contributed by atoms with E-state index in [2.05, 4.69) is 31.3 Å². The molecule has 10 rings (SSSR count). The lowest BCUT2D eigenvalue weighted by Gasteiger charge is -2.38. The van der Waals surface area contributed by atoms with Crippen LogP contribution in [0.5, 0.6) is 23.0 Å². The third kappa shape index (κ3) is 18.0. The van der Waals surface area contributed by atoms with Crippen molar-refractivity contribution in [3.8, 4) is 23.0 Å². The molecule has 4 aromatic rings. The number of fused-ring (bicyclic) bond motifs is 15. The molecule has 1 aromatic heterocycles. The third-order valence-corrected chi connectivity index (χ3v) is 19.0. The number of ketones is 1. The molecule has 6 aliphatic rings. The first kappa shape index (κ1) is 76.6. The molecule has 5 bridgehead atoms. The number of hydrogen-bond acceptors (Lipinski definition) is 23. The van der Waals surface area contributed by atoms with E-state index < -0.39 is 106 Å². The topological polar surface area (TPSA) is 359 Å². The number of carbonyl (C=O) groups is 4. The van der Waals surface area contributed by atoms with Crippen molar-refractivity contribution in [2.75, 3.05) is 103 Å². The Morgan fingerprint density at radius 1 is 0.866 bits per heavy atom. The van der Waals surface area contributed by atoms with Crippen molar-refractivity contribution in [2.24, 2.45) is 28.8 Å². The quantitative estimate of drug-likeness (QED) is 0.0213. The molecule has 5 aliphatic heterocycles. The highest BCUT2D eigenvalue weighted by Gasteiger charge is 2.50. The van der Waals surface area contributed by atoms with E-state index in [1.165, 1.54) is 71.7 Å². The smallest absolute Gasteiger partial charge is 0.341 e. The summed E-state index contributed by atoms with van der Waals surface area (Å²) in [5.41, 5.74) is -0.191. The number of nitrogens with one attached hydrogen (secondary N) is 4. The van der Waals surface area contributed by atoms with Gasteiger partial charge in [-0.1, -0.05) is 59.8 Å². The number of Topliss-reactive ketones (excluding diaryl/α,β-unsaturated/α-hetero) is 1. The highest BCUT2D eigenvalue weighted by Crippen LogP contribution is 2.55. The van der Waals surface area contributed by atoms with Gasteiger partial charge in [-0.15, -0.1) is 0 Å². The first-order valence-electron chi connectivity index (χ1n) is 33.4. The van der Waals surface area contributed by atoms with Gasteiger partial charge in [-0.3, -0.25) is 24.2 Å². The van der Waals surface area contributed by atoms with Gasteiger partial charge in [0.2, 0.25) is 5.43 Å². The zero-order valence-electron chi connectivity index (χ0n) is 57.7. The number of rotatable bonds is 16. The number of aromatic nitrogens is 1. The molecule has 6 heterocycles. The number of benzene rings is 3. The molecule has 3 fully saturated rings. The van der Waals surface area contributed by atoms with E-state index in [0.717, 1.165) is 65.0 Å². The second kappa shape index (κ2) is 34.2. The van der Waals surface area contributed by atoms with Gasteiger partial charge >= 0.3 is 17.7 Å². The number of aromatic hydroxyl groups is 3. The van der Waals surface area contributed by atoms with Gasteiger partial charge in [-0.05, 0) is 64.8 Å². The van der Waals surface area contributed by atoms with E-state index in [1.54, 1.807) is 50.9 Å². The van der Waals surface area contributed by atoms with Crippen LogP contribution in [0.2, 0.25) is 0 Å². The number of pyridine rings is 1. The number of piperazine rings is 2. The van der Waals surface area contributed by atoms with Gasteiger partial charge < -0.3 is 95.4 Å². The van der Waals surface area contributed by atoms with E-state index in [1.807, 2.05) is 30.4 Å². The summed E-state index contributed by atoms with van der Waals surface area (Å²) >= 11 is 0. The minimum absolute atomic E-state index is 0.0559. The summed E-state index contributed by atoms with van der Waals surface area (Å²) in [5.74, 6) is -10.1. The SMILES string of the molecule is CC[C@@H](CO)NCCN[C@@H](CC)CO.CO[C@H]1/C=C/O[C@@]2(C)Oc3c(C)c(O)c4c(O)c(c(/C=N/N5CCN(C)CC5)c(O)c4c3C2=O)NC(=O)/C(C)=C\C=C\[C@H](C)[C@H](O)[C@@H](C)[C@@H](O)[C@@H](C)[C@H](OC(C)=O)[C@@H]1C.O=C(O)c1cn(C2CC2)c2cc(N3CCNCC3)c(F)cc2c1=O. The van der Waals surface area contributed by atoms with Gasteiger partial charge in [0.25, 0.3) is 11.7 Å². The van der Waals surface area contributed by atoms with E-state index in [-0.39, 0.29) is 86.8 Å². The lowest BCUT2D eigenvalue weighted by molar-refractivity contribution is -0.160. The fourth-order valence-corrected chi connectivity index (χ4v) is 12.5. The summed E-state index contributed by atoms with van der Waals surface area (Å²) in [6.45, 7) is 24.2. The number of aromatic carboxylic acids is 1. The van der Waals surface area contributed by atoms with Crippen molar-refractivity contribution in [1.82, 2.24) is 30.4 Å². The Hall–Kier alpha value is -7.73. The second-order valence-electron chi connectivity index (χ2n) is 26.0. The molecule has 97 heavy (non-hydrogen) atoms. The monoisotopic (exact) mass is 1360 g/mol.